The Kier molecular flexibility index (Phi) is 2.27. The SMILES string of the molecule is Cc1cc(Cl)cc2c1NC(=S)C2(O)S. The molecule has 0 saturated heterocycles. The standard InChI is InChI=1S/C9H8ClNOS2/c1-4-2-5(10)3-6-7(4)11-8(13)9(6,12)14/h2-3,12,14H,1H3,(H,11,13). The molecule has 1 aliphatic heterocycles. The van der Waals surface area contributed by atoms with E-state index in [1.807, 2.05) is 13.0 Å². The maximum atomic E-state index is 9.97. The quantitative estimate of drug-likeness (QED) is 0.373. The minimum Gasteiger partial charge on any atom is -0.369 e. The van der Waals surface area contributed by atoms with E-state index >= 15 is 0 Å². The van der Waals surface area contributed by atoms with Gasteiger partial charge in [0.25, 0.3) is 0 Å². The van der Waals surface area contributed by atoms with Crippen molar-refractivity contribution in [1.82, 2.24) is 0 Å². The minimum atomic E-state index is -1.40. The van der Waals surface area contributed by atoms with Crippen LogP contribution in [0.5, 0.6) is 0 Å². The van der Waals surface area contributed by atoms with Crippen LogP contribution in [0.4, 0.5) is 5.69 Å². The number of hydrogen-bond donors (Lipinski definition) is 3. The average Bonchev–Trinajstić information content (AvgIpc) is 2.28. The number of thiocarbonyl (C=S) groups is 1. The number of rotatable bonds is 0. The van der Waals surface area contributed by atoms with Gasteiger partial charge in [0.1, 0.15) is 4.99 Å². The zero-order valence-corrected chi connectivity index (χ0v) is 9.80. The summed E-state index contributed by atoms with van der Waals surface area (Å²) in [6.07, 6.45) is 0. The van der Waals surface area contributed by atoms with E-state index in [2.05, 4.69) is 17.9 Å². The normalized spacial score (nSPS) is 24.7. The first-order chi connectivity index (χ1) is 6.43. The lowest BCUT2D eigenvalue weighted by molar-refractivity contribution is 0.220. The van der Waals surface area contributed by atoms with E-state index < -0.39 is 4.93 Å². The Balaban J connectivity index is 2.71. The first-order valence-corrected chi connectivity index (χ1v) is 5.23. The van der Waals surface area contributed by atoms with Gasteiger partial charge < -0.3 is 10.4 Å². The second-order valence-electron chi connectivity index (χ2n) is 3.27. The number of aliphatic hydroxyl groups is 1. The van der Waals surface area contributed by atoms with Crippen molar-refractivity contribution in [1.29, 1.82) is 0 Å². The first kappa shape index (κ1) is 10.2. The molecule has 0 radical (unpaired) electrons. The lowest BCUT2D eigenvalue weighted by atomic mass is 10.1. The summed E-state index contributed by atoms with van der Waals surface area (Å²) >= 11 is 15.0. The number of anilines is 1. The van der Waals surface area contributed by atoms with E-state index in [9.17, 15) is 5.11 Å². The van der Waals surface area contributed by atoms with Crippen LogP contribution >= 0.6 is 36.4 Å². The maximum Gasteiger partial charge on any atom is 0.186 e. The van der Waals surface area contributed by atoms with E-state index in [1.54, 1.807) is 6.07 Å². The van der Waals surface area contributed by atoms with E-state index in [0.29, 0.717) is 15.6 Å². The van der Waals surface area contributed by atoms with Gasteiger partial charge in [0, 0.05) is 16.3 Å². The summed E-state index contributed by atoms with van der Waals surface area (Å²) < 4.78 is 0. The van der Waals surface area contributed by atoms with Gasteiger partial charge in [0.05, 0.1) is 0 Å². The highest BCUT2D eigenvalue weighted by Crippen LogP contribution is 2.42. The molecule has 1 unspecified atom stereocenters. The van der Waals surface area contributed by atoms with Crippen LogP contribution in [0.1, 0.15) is 11.1 Å². The molecular weight excluding hydrogens is 238 g/mol. The van der Waals surface area contributed by atoms with Gasteiger partial charge in [0.2, 0.25) is 0 Å². The fourth-order valence-corrected chi connectivity index (χ4v) is 2.22. The number of aryl methyl sites for hydroxylation is 1. The largest absolute Gasteiger partial charge is 0.369 e. The summed E-state index contributed by atoms with van der Waals surface area (Å²) in [5.74, 6) is 0. The monoisotopic (exact) mass is 245 g/mol. The molecule has 1 aromatic carbocycles. The molecule has 0 bridgehead atoms. The second kappa shape index (κ2) is 3.10. The number of fused-ring (bicyclic) bond motifs is 1. The fourth-order valence-electron chi connectivity index (χ4n) is 1.51. The fraction of sp³-hybridized carbons (Fsp3) is 0.222. The molecule has 2 rings (SSSR count). The Morgan fingerprint density at radius 3 is 2.86 bits per heavy atom. The van der Waals surface area contributed by atoms with E-state index in [0.717, 1.165) is 11.3 Å². The van der Waals surface area contributed by atoms with Crippen molar-refractivity contribution in [2.75, 3.05) is 5.32 Å². The second-order valence-corrected chi connectivity index (χ2v) is 4.76. The zero-order chi connectivity index (χ0) is 10.5. The highest BCUT2D eigenvalue weighted by atomic mass is 35.5. The third-order valence-electron chi connectivity index (χ3n) is 2.23. The number of halogens is 1. The maximum absolute atomic E-state index is 9.97. The van der Waals surface area contributed by atoms with Gasteiger partial charge in [-0.25, -0.2) is 0 Å². The number of thiol groups is 1. The van der Waals surface area contributed by atoms with Crippen molar-refractivity contribution in [3.05, 3.63) is 28.3 Å². The average molecular weight is 246 g/mol. The van der Waals surface area contributed by atoms with Crippen LogP contribution in [0.2, 0.25) is 5.02 Å². The Bertz CT molecular complexity index is 431. The van der Waals surface area contributed by atoms with Gasteiger partial charge in [-0.05, 0) is 24.6 Å². The lowest BCUT2D eigenvalue weighted by Gasteiger charge is -2.15. The molecule has 74 valence electrons. The highest BCUT2D eigenvalue weighted by Gasteiger charge is 2.39. The molecule has 1 atom stereocenters. The van der Waals surface area contributed by atoms with Crippen LogP contribution in [0.25, 0.3) is 0 Å². The van der Waals surface area contributed by atoms with E-state index in [4.69, 9.17) is 23.8 Å². The van der Waals surface area contributed by atoms with Crippen molar-refractivity contribution in [3.8, 4) is 0 Å². The third-order valence-corrected chi connectivity index (χ3v) is 3.46. The van der Waals surface area contributed by atoms with Crippen LogP contribution in [0, 0.1) is 6.92 Å². The Hall–Kier alpha value is -0.290. The van der Waals surface area contributed by atoms with Crippen LogP contribution in [-0.4, -0.2) is 10.1 Å². The number of hydrogen-bond acceptors (Lipinski definition) is 3. The Labute approximate surface area is 97.7 Å². The molecule has 2 N–H and O–H groups in total. The Morgan fingerprint density at radius 2 is 2.21 bits per heavy atom. The van der Waals surface area contributed by atoms with Crippen molar-refractivity contribution < 1.29 is 5.11 Å². The van der Waals surface area contributed by atoms with Crippen LogP contribution in [0.15, 0.2) is 12.1 Å². The molecule has 0 saturated carbocycles. The lowest BCUT2D eigenvalue weighted by Crippen LogP contribution is -2.25. The summed E-state index contributed by atoms with van der Waals surface area (Å²) in [5.41, 5.74) is 2.37. The van der Waals surface area contributed by atoms with E-state index in [-0.39, 0.29) is 0 Å². The molecule has 1 aliphatic rings. The molecule has 0 amide bonds. The molecule has 1 aromatic rings. The smallest absolute Gasteiger partial charge is 0.186 e. The molecule has 0 fully saturated rings. The van der Waals surface area contributed by atoms with Gasteiger partial charge in [-0.2, -0.15) is 0 Å². The van der Waals surface area contributed by atoms with Gasteiger partial charge in [-0.1, -0.05) is 23.8 Å². The summed E-state index contributed by atoms with van der Waals surface area (Å²) in [4.78, 5) is -1.11. The predicted octanol–water partition coefficient (Wildman–Crippen LogP) is 2.48. The van der Waals surface area contributed by atoms with Crippen LogP contribution in [-0.2, 0) is 4.93 Å². The first-order valence-electron chi connectivity index (χ1n) is 4.00. The molecule has 2 nitrogen and oxygen atoms in total. The third kappa shape index (κ3) is 1.34. The Morgan fingerprint density at radius 1 is 1.57 bits per heavy atom. The van der Waals surface area contributed by atoms with Gasteiger partial charge in [-0.15, -0.1) is 12.6 Å². The highest BCUT2D eigenvalue weighted by molar-refractivity contribution is 7.87. The predicted molar refractivity (Wildman–Crippen MR) is 65.3 cm³/mol. The minimum absolute atomic E-state index is 0.293. The molecular formula is C9H8ClNOS2. The molecule has 0 spiro atoms. The summed E-state index contributed by atoms with van der Waals surface area (Å²) in [6.45, 7) is 1.90. The number of benzene rings is 1. The van der Waals surface area contributed by atoms with E-state index in [1.165, 1.54) is 0 Å². The molecule has 5 heteroatoms. The van der Waals surface area contributed by atoms with Crippen LogP contribution < -0.4 is 5.32 Å². The molecule has 1 heterocycles. The summed E-state index contributed by atoms with van der Waals surface area (Å²) in [7, 11) is 0. The zero-order valence-electron chi connectivity index (χ0n) is 7.34. The number of nitrogens with one attached hydrogen (secondary N) is 1. The molecule has 0 aliphatic carbocycles. The summed E-state index contributed by atoms with van der Waals surface area (Å²) in [6, 6.07) is 3.48. The van der Waals surface area contributed by atoms with Crippen molar-refractivity contribution >= 4 is 47.1 Å². The van der Waals surface area contributed by atoms with Crippen molar-refractivity contribution in [3.63, 3.8) is 0 Å². The van der Waals surface area contributed by atoms with Gasteiger partial charge in [0.15, 0.2) is 4.93 Å². The summed E-state index contributed by atoms with van der Waals surface area (Å²) in [5, 5.41) is 13.5. The van der Waals surface area contributed by atoms with Crippen molar-refractivity contribution in [2.24, 2.45) is 0 Å². The van der Waals surface area contributed by atoms with Gasteiger partial charge >= 0.3 is 0 Å². The van der Waals surface area contributed by atoms with Gasteiger partial charge in [-0.3, -0.25) is 0 Å². The molecule has 0 aromatic heterocycles. The van der Waals surface area contributed by atoms with Crippen LogP contribution in [0.3, 0.4) is 0 Å². The topological polar surface area (TPSA) is 32.3 Å². The van der Waals surface area contributed by atoms with Crippen molar-refractivity contribution in [2.45, 2.75) is 11.9 Å². The molecule has 14 heavy (non-hydrogen) atoms.